The Bertz CT molecular complexity index is 1100. The van der Waals surface area contributed by atoms with E-state index in [9.17, 15) is 31.5 Å². The highest BCUT2D eigenvalue weighted by Crippen LogP contribution is 2.52. The molecule has 2 N–H and O–H groups in total. The summed E-state index contributed by atoms with van der Waals surface area (Å²) in [5, 5.41) is 9.74. The van der Waals surface area contributed by atoms with Gasteiger partial charge < -0.3 is 9.84 Å². The summed E-state index contributed by atoms with van der Waals surface area (Å²) >= 11 is 0. The smallest absolute Gasteiger partial charge is 0.416 e. The van der Waals surface area contributed by atoms with Gasteiger partial charge in [-0.15, -0.1) is 0 Å². The average molecular weight is 484 g/mol. The van der Waals surface area contributed by atoms with Crippen LogP contribution in [0.25, 0.3) is 0 Å². The minimum atomic E-state index is -4.43. The van der Waals surface area contributed by atoms with E-state index in [4.69, 9.17) is 4.74 Å². The number of alkyl halides is 3. The number of halogens is 3. The van der Waals surface area contributed by atoms with Crippen molar-refractivity contribution in [1.82, 2.24) is 9.03 Å². The molecular weight excluding hydrogens is 461 g/mol. The maximum Gasteiger partial charge on any atom is 0.416 e. The van der Waals surface area contributed by atoms with E-state index in [1.54, 1.807) is 30.3 Å². The Hall–Kier alpha value is -2.63. The Labute approximate surface area is 189 Å². The number of nitrogens with zero attached hydrogens (tertiary/aromatic N) is 1. The fourth-order valence-corrected chi connectivity index (χ4v) is 5.74. The van der Waals surface area contributed by atoms with Crippen LogP contribution in [0.15, 0.2) is 54.6 Å². The Kier molecular flexibility index (Phi) is 6.14. The van der Waals surface area contributed by atoms with E-state index in [1.165, 1.54) is 16.4 Å². The van der Waals surface area contributed by atoms with Crippen molar-refractivity contribution in [3.05, 3.63) is 65.7 Å². The molecule has 178 valence electrons. The standard InChI is InChI=1S/C22H23F3N2O5S/c23-22(24,25)16-6-8-17(9-7-16)32-18-10-12-27(13-11-18)33(30,31)26-21(20(28)29)14-19(21)15-4-2-1-3-5-15/h1-9,18-19,26H,10-14H2,(H,28,29)/t19-,21+/m0/s1. The first-order chi connectivity index (χ1) is 15.5. The molecule has 11 heteroatoms. The monoisotopic (exact) mass is 484 g/mol. The van der Waals surface area contributed by atoms with Crippen LogP contribution in [0.1, 0.15) is 36.3 Å². The summed E-state index contributed by atoms with van der Waals surface area (Å²) in [7, 11) is -4.06. The maximum atomic E-state index is 12.9. The number of carboxylic acids is 1. The van der Waals surface area contributed by atoms with Crippen LogP contribution in [-0.2, 0) is 21.2 Å². The molecule has 2 aromatic rings. The van der Waals surface area contributed by atoms with Gasteiger partial charge in [0.05, 0.1) is 5.56 Å². The highest BCUT2D eigenvalue weighted by Gasteiger charge is 2.63. The van der Waals surface area contributed by atoms with Crippen LogP contribution in [0.2, 0.25) is 0 Å². The number of ether oxygens (including phenoxy) is 1. The highest BCUT2D eigenvalue weighted by atomic mass is 32.2. The Balaban J connectivity index is 1.35. The first kappa shape index (κ1) is 23.5. The number of piperidine rings is 1. The van der Waals surface area contributed by atoms with Gasteiger partial charge in [0.1, 0.15) is 17.4 Å². The van der Waals surface area contributed by atoms with Crippen LogP contribution < -0.4 is 9.46 Å². The summed E-state index contributed by atoms with van der Waals surface area (Å²) in [6.07, 6.45) is -3.98. The van der Waals surface area contributed by atoms with Gasteiger partial charge in [0.25, 0.3) is 10.2 Å². The molecule has 0 amide bonds. The van der Waals surface area contributed by atoms with E-state index in [0.29, 0.717) is 12.8 Å². The normalized spacial score (nSPS) is 24.4. The molecule has 0 spiro atoms. The number of carboxylic acid groups (broad SMARTS) is 1. The molecule has 1 aliphatic carbocycles. The second-order valence-electron chi connectivity index (χ2n) is 8.29. The molecule has 0 aromatic heterocycles. The second-order valence-corrected chi connectivity index (χ2v) is 9.96. The summed E-state index contributed by atoms with van der Waals surface area (Å²) in [5.41, 5.74) is -1.59. The quantitative estimate of drug-likeness (QED) is 0.628. The SMILES string of the molecule is O=C(O)[C@@]1(NS(=O)(=O)N2CCC(Oc3ccc(C(F)(F)F)cc3)CC2)C[C@H]1c1ccccc1. The van der Waals surface area contributed by atoms with E-state index in [-0.39, 0.29) is 31.4 Å². The number of benzene rings is 2. The zero-order valence-corrected chi connectivity index (χ0v) is 18.3. The lowest BCUT2D eigenvalue weighted by molar-refractivity contribution is -0.140. The van der Waals surface area contributed by atoms with E-state index >= 15 is 0 Å². The minimum absolute atomic E-state index is 0.104. The first-order valence-corrected chi connectivity index (χ1v) is 11.9. The van der Waals surface area contributed by atoms with E-state index in [2.05, 4.69) is 4.72 Å². The molecule has 0 unspecified atom stereocenters. The van der Waals surface area contributed by atoms with Crippen molar-refractivity contribution >= 4 is 16.2 Å². The highest BCUT2D eigenvalue weighted by molar-refractivity contribution is 7.87. The van der Waals surface area contributed by atoms with Gasteiger partial charge >= 0.3 is 12.1 Å². The molecule has 1 saturated carbocycles. The summed E-state index contributed by atoms with van der Waals surface area (Å²) in [6, 6.07) is 13.2. The molecular formula is C22H23F3N2O5S. The summed E-state index contributed by atoms with van der Waals surface area (Å²) in [6.45, 7) is 0.207. The van der Waals surface area contributed by atoms with Crippen LogP contribution in [-0.4, -0.2) is 48.5 Å². The van der Waals surface area contributed by atoms with Crippen LogP contribution in [0.4, 0.5) is 13.2 Å². The molecule has 1 heterocycles. The van der Waals surface area contributed by atoms with E-state index in [1.807, 2.05) is 0 Å². The van der Waals surface area contributed by atoms with Crippen molar-refractivity contribution < 1.29 is 36.2 Å². The lowest BCUT2D eigenvalue weighted by Gasteiger charge is -2.32. The molecule has 7 nitrogen and oxygen atoms in total. The Morgan fingerprint density at radius 3 is 2.21 bits per heavy atom. The number of hydrogen-bond donors (Lipinski definition) is 2. The van der Waals surface area contributed by atoms with Gasteiger partial charge in [-0.2, -0.15) is 30.6 Å². The van der Waals surface area contributed by atoms with Crippen molar-refractivity contribution in [3.8, 4) is 5.75 Å². The van der Waals surface area contributed by atoms with E-state index < -0.39 is 39.4 Å². The summed E-state index contributed by atoms with van der Waals surface area (Å²) in [4.78, 5) is 11.9. The first-order valence-electron chi connectivity index (χ1n) is 10.4. The summed E-state index contributed by atoms with van der Waals surface area (Å²) in [5.74, 6) is -1.40. The molecule has 1 aliphatic heterocycles. The second kappa shape index (κ2) is 8.62. The molecule has 2 aromatic carbocycles. The molecule has 1 saturated heterocycles. The van der Waals surface area contributed by atoms with Crippen molar-refractivity contribution in [2.45, 2.75) is 43.0 Å². The van der Waals surface area contributed by atoms with Gasteiger partial charge in [-0.3, -0.25) is 4.79 Å². The van der Waals surface area contributed by atoms with Crippen molar-refractivity contribution in [2.24, 2.45) is 0 Å². The van der Waals surface area contributed by atoms with Crippen LogP contribution >= 0.6 is 0 Å². The number of hydrogen-bond acceptors (Lipinski definition) is 4. The maximum absolute atomic E-state index is 12.9. The third kappa shape index (κ3) is 4.99. The van der Waals surface area contributed by atoms with Gasteiger partial charge in [-0.25, -0.2) is 0 Å². The predicted molar refractivity (Wildman–Crippen MR) is 113 cm³/mol. The van der Waals surface area contributed by atoms with Crippen molar-refractivity contribution in [1.29, 1.82) is 0 Å². The van der Waals surface area contributed by atoms with Gasteiger partial charge in [-0.1, -0.05) is 30.3 Å². The molecule has 2 fully saturated rings. The number of rotatable bonds is 7. The fraction of sp³-hybridized carbons (Fsp3) is 0.409. The Morgan fingerprint density at radius 1 is 1.06 bits per heavy atom. The van der Waals surface area contributed by atoms with Gasteiger partial charge in [-0.05, 0) is 49.1 Å². The van der Waals surface area contributed by atoms with Crippen molar-refractivity contribution in [2.75, 3.05) is 13.1 Å². The van der Waals surface area contributed by atoms with Crippen molar-refractivity contribution in [3.63, 3.8) is 0 Å². The third-order valence-electron chi connectivity index (χ3n) is 6.08. The van der Waals surface area contributed by atoms with Crippen LogP contribution in [0.5, 0.6) is 5.75 Å². The lowest BCUT2D eigenvalue weighted by atomic mass is 10.1. The van der Waals surface area contributed by atoms with Gasteiger partial charge in [0.15, 0.2) is 0 Å². The minimum Gasteiger partial charge on any atom is -0.490 e. The predicted octanol–water partition coefficient (Wildman–Crippen LogP) is 3.39. The number of carbonyl (C=O) groups is 1. The molecule has 33 heavy (non-hydrogen) atoms. The molecule has 0 bridgehead atoms. The number of nitrogens with one attached hydrogen (secondary N) is 1. The van der Waals surface area contributed by atoms with Gasteiger partial charge in [0, 0.05) is 19.0 Å². The topological polar surface area (TPSA) is 95.9 Å². The summed E-state index contributed by atoms with van der Waals surface area (Å²) < 4.78 is 73.2. The molecule has 4 rings (SSSR count). The lowest BCUT2D eigenvalue weighted by Crippen LogP contribution is -2.53. The van der Waals surface area contributed by atoms with Crippen LogP contribution in [0, 0.1) is 0 Å². The third-order valence-corrected chi connectivity index (χ3v) is 7.75. The fourth-order valence-electron chi connectivity index (χ4n) is 4.14. The van der Waals surface area contributed by atoms with Crippen LogP contribution in [0.3, 0.4) is 0 Å². The Morgan fingerprint density at radius 2 is 1.67 bits per heavy atom. The van der Waals surface area contributed by atoms with Gasteiger partial charge in [0.2, 0.25) is 0 Å². The average Bonchev–Trinajstić information content (AvgIpc) is 3.49. The number of aliphatic carboxylic acids is 1. The molecule has 0 radical (unpaired) electrons. The largest absolute Gasteiger partial charge is 0.490 e. The van der Waals surface area contributed by atoms with E-state index in [0.717, 1.165) is 17.7 Å². The molecule has 2 atom stereocenters. The zero-order chi connectivity index (χ0) is 23.9. The zero-order valence-electron chi connectivity index (χ0n) is 17.5. The molecule has 2 aliphatic rings.